The van der Waals surface area contributed by atoms with Gasteiger partial charge in [-0.05, 0) is 47.1 Å². The monoisotopic (exact) mass is 341 g/mol. The lowest BCUT2D eigenvalue weighted by Crippen LogP contribution is -2.24. The molecule has 0 spiro atoms. The zero-order chi connectivity index (χ0) is 14.5. The number of halogens is 2. The highest BCUT2D eigenvalue weighted by Gasteiger charge is 2.25. The molecule has 0 aliphatic carbocycles. The van der Waals surface area contributed by atoms with Crippen molar-refractivity contribution in [2.75, 3.05) is 13.7 Å². The largest absolute Gasteiger partial charge is 0.496 e. The minimum atomic E-state index is -0.393. The highest BCUT2D eigenvalue weighted by Crippen LogP contribution is 2.35. The predicted molar refractivity (Wildman–Crippen MR) is 79.5 cm³/mol. The molecule has 2 aromatic rings. The quantitative estimate of drug-likeness (QED) is 0.851. The third-order valence-corrected chi connectivity index (χ3v) is 3.68. The molecule has 0 amide bonds. The molecule has 1 unspecified atom stereocenters. The summed E-state index contributed by atoms with van der Waals surface area (Å²) >= 11 is 3.43. The Kier molecular flexibility index (Phi) is 5.20. The smallest absolute Gasteiger partial charge is 0.139 e. The SMILES string of the molecule is CCCNC(c1occc1Br)c1c(F)cccc1OC. The molecule has 1 heterocycles. The predicted octanol–water partition coefficient (Wildman–Crippen LogP) is 4.28. The zero-order valence-corrected chi connectivity index (χ0v) is 13.0. The number of rotatable bonds is 6. The van der Waals surface area contributed by atoms with Crippen LogP contribution in [0, 0.1) is 5.82 Å². The number of furan rings is 1. The van der Waals surface area contributed by atoms with E-state index in [0.29, 0.717) is 17.1 Å². The van der Waals surface area contributed by atoms with Crippen LogP contribution in [0.15, 0.2) is 39.4 Å². The Bertz CT molecular complexity index is 571. The molecule has 20 heavy (non-hydrogen) atoms. The van der Waals surface area contributed by atoms with Crippen LogP contribution in [0.2, 0.25) is 0 Å². The molecule has 108 valence electrons. The Morgan fingerprint density at radius 3 is 2.80 bits per heavy atom. The van der Waals surface area contributed by atoms with Gasteiger partial charge in [0.15, 0.2) is 0 Å². The summed E-state index contributed by atoms with van der Waals surface area (Å²) < 4.78 is 25.9. The average Bonchev–Trinajstić information content (AvgIpc) is 2.87. The van der Waals surface area contributed by atoms with Crippen molar-refractivity contribution in [2.24, 2.45) is 0 Å². The summed E-state index contributed by atoms with van der Waals surface area (Å²) in [4.78, 5) is 0. The molecule has 1 aromatic carbocycles. The van der Waals surface area contributed by atoms with E-state index in [0.717, 1.165) is 17.4 Å². The Labute approximate surface area is 126 Å². The molecule has 1 atom stereocenters. The lowest BCUT2D eigenvalue weighted by Gasteiger charge is -2.20. The van der Waals surface area contributed by atoms with Gasteiger partial charge in [0.25, 0.3) is 0 Å². The van der Waals surface area contributed by atoms with E-state index in [1.807, 2.05) is 0 Å². The second kappa shape index (κ2) is 6.90. The maximum Gasteiger partial charge on any atom is 0.139 e. The molecule has 0 radical (unpaired) electrons. The Morgan fingerprint density at radius 1 is 1.40 bits per heavy atom. The van der Waals surface area contributed by atoms with E-state index in [1.54, 1.807) is 24.5 Å². The third-order valence-electron chi connectivity index (χ3n) is 3.03. The van der Waals surface area contributed by atoms with Crippen LogP contribution >= 0.6 is 15.9 Å². The molecule has 0 saturated heterocycles. The first-order chi connectivity index (χ1) is 9.69. The third kappa shape index (κ3) is 3.04. The van der Waals surface area contributed by atoms with Crippen molar-refractivity contribution >= 4 is 15.9 Å². The molecule has 0 fully saturated rings. The van der Waals surface area contributed by atoms with E-state index in [2.05, 4.69) is 28.2 Å². The molecule has 0 aliphatic heterocycles. The zero-order valence-electron chi connectivity index (χ0n) is 11.5. The lowest BCUT2D eigenvalue weighted by atomic mass is 10.0. The highest BCUT2D eigenvalue weighted by atomic mass is 79.9. The minimum absolute atomic E-state index is 0.318. The van der Waals surface area contributed by atoms with Gasteiger partial charge in [0.05, 0.1) is 29.5 Å². The molecule has 0 bridgehead atoms. The molecule has 3 nitrogen and oxygen atoms in total. The van der Waals surface area contributed by atoms with E-state index < -0.39 is 6.04 Å². The number of hydrogen-bond acceptors (Lipinski definition) is 3. The van der Waals surface area contributed by atoms with Gasteiger partial charge in [0.2, 0.25) is 0 Å². The number of nitrogens with one attached hydrogen (secondary N) is 1. The van der Waals surface area contributed by atoms with Crippen molar-refractivity contribution in [1.82, 2.24) is 5.32 Å². The number of methoxy groups -OCH3 is 1. The fraction of sp³-hybridized carbons (Fsp3) is 0.333. The van der Waals surface area contributed by atoms with Gasteiger partial charge in [0, 0.05) is 0 Å². The van der Waals surface area contributed by atoms with Crippen molar-refractivity contribution in [1.29, 1.82) is 0 Å². The standard InChI is InChI=1S/C15H17BrFNO2/c1-3-8-18-14(15-10(16)7-9-20-15)13-11(17)5-4-6-12(13)19-2/h4-7,9,14,18H,3,8H2,1-2H3. The summed E-state index contributed by atoms with van der Waals surface area (Å²) in [6.07, 6.45) is 2.51. The summed E-state index contributed by atoms with van der Waals surface area (Å²) in [6, 6.07) is 6.20. The van der Waals surface area contributed by atoms with E-state index in [9.17, 15) is 4.39 Å². The van der Waals surface area contributed by atoms with E-state index in [1.165, 1.54) is 13.2 Å². The van der Waals surface area contributed by atoms with E-state index in [4.69, 9.17) is 9.15 Å². The van der Waals surface area contributed by atoms with Crippen LogP contribution in [0.1, 0.15) is 30.7 Å². The van der Waals surface area contributed by atoms with Gasteiger partial charge in [-0.15, -0.1) is 0 Å². The maximum atomic E-state index is 14.3. The first-order valence-electron chi connectivity index (χ1n) is 6.47. The van der Waals surface area contributed by atoms with Crippen molar-refractivity contribution < 1.29 is 13.5 Å². The van der Waals surface area contributed by atoms with Crippen LogP contribution in [0.25, 0.3) is 0 Å². The van der Waals surface area contributed by atoms with Gasteiger partial charge >= 0.3 is 0 Å². The molecule has 0 saturated carbocycles. The van der Waals surface area contributed by atoms with Crippen LogP contribution in [0.5, 0.6) is 5.75 Å². The van der Waals surface area contributed by atoms with Crippen LogP contribution < -0.4 is 10.1 Å². The van der Waals surface area contributed by atoms with Crippen LogP contribution in [0.4, 0.5) is 4.39 Å². The van der Waals surface area contributed by atoms with Crippen LogP contribution in [-0.2, 0) is 0 Å². The Hall–Kier alpha value is -1.33. The van der Waals surface area contributed by atoms with E-state index >= 15 is 0 Å². The number of ether oxygens (including phenoxy) is 1. The second-order valence-corrected chi connectivity index (χ2v) is 5.23. The van der Waals surface area contributed by atoms with Gasteiger partial charge in [-0.1, -0.05) is 13.0 Å². The first kappa shape index (κ1) is 15.1. The lowest BCUT2D eigenvalue weighted by molar-refractivity contribution is 0.382. The number of benzene rings is 1. The Morgan fingerprint density at radius 2 is 2.20 bits per heavy atom. The second-order valence-electron chi connectivity index (χ2n) is 4.38. The molecule has 2 rings (SSSR count). The fourth-order valence-corrected chi connectivity index (χ4v) is 2.53. The van der Waals surface area contributed by atoms with Crippen LogP contribution in [-0.4, -0.2) is 13.7 Å². The van der Waals surface area contributed by atoms with Gasteiger partial charge < -0.3 is 14.5 Å². The van der Waals surface area contributed by atoms with Gasteiger partial charge in [-0.2, -0.15) is 0 Å². The normalized spacial score (nSPS) is 12.4. The van der Waals surface area contributed by atoms with Gasteiger partial charge in [0.1, 0.15) is 17.3 Å². The molecule has 0 aliphatic rings. The Balaban J connectivity index is 2.49. The van der Waals surface area contributed by atoms with Gasteiger partial charge in [-0.25, -0.2) is 4.39 Å². The van der Waals surface area contributed by atoms with Crippen molar-refractivity contribution in [3.63, 3.8) is 0 Å². The van der Waals surface area contributed by atoms with E-state index in [-0.39, 0.29) is 5.82 Å². The average molecular weight is 342 g/mol. The number of hydrogen-bond donors (Lipinski definition) is 1. The molecular weight excluding hydrogens is 325 g/mol. The van der Waals surface area contributed by atoms with Crippen molar-refractivity contribution in [3.8, 4) is 5.75 Å². The molecule has 1 N–H and O–H groups in total. The highest BCUT2D eigenvalue weighted by molar-refractivity contribution is 9.10. The summed E-state index contributed by atoms with van der Waals surface area (Å²) in [5.41, 5.74) is 0.458. The molecular formula is C15H17BrFNO2. The first-order valence-corrected chi connectivity index (χ1v) is 7.27. The molecule has 1 aromatic heterocycles. The summed E-state index contributed by atoms with van der Waals surface area (Å²) in [5, 5.41) is 3.30. The molecule has 5 heteroatoms. The minimum Gasteiger partial charge on any atom is -0.496 e. The summed E-state index contributed by atoms with van der Waals surface area (Å²) in [5.74, 6) is 0.824. The van der Waals surface area contributed by atoms with Crippen molar-refractivity contribution in [3.05, 3.63) is 52.1 Å². The maximum absolute atomic E-state index is 14.3. The van der Waals surface area contributed by atoms with Gasteiger partial charge in [-0.3, -0.25) is 0 Å². The summed E-state index contributed by atoms with van der Waals surface area (Å²) in [7, 11) is 1.53. The summed E-state index contributed by atoms with van der Waals surface area (Å²) in [6.45, 7) is 2.80. The van der Waals surface area contributed by atoms with Crippen LogP contribution in [0.3, 0.4) is 0 Å². The topological polar surface area (TPSA) is 34.4 Å². The fourth-order valence-electron chi connectivity index (χ4n) is 2.10. The van der Waals surface area contributed by atoms with Crippen molar-refractivity contribution in [2.45, 2.75) is 19.4 Å².